The Morgan fingerprint density at radius 1 is 1.02 bits per heavy atom. The molecule has 3 fully saturated rings. The van der Waals surface area contributed by atoms with E-state index in [4.69, 9.17) is 9.47 Å². The van der Waals surface area contributed by atoms with E-state index in [0.29, 0.717) is 24.0 Å². The second kappa shape index (κ2) is 17.4. The fourth-order valence-electron chi connectivity index (χ4n) is 8.63. The van der Waals surface area contributed by atoms with Crippen LogP contribution < -0.4 is 4.72 Å². The summed E-state index contributed by atoms with van der Waals surface area (Å²) in [6.45, 7) is 3.34. The Morgan fingerprint density at radius 3 is 2.43 bits per heavy atom. The largest absolute Gasteiger partial charge is 0.460 e. The van der Waals surface area contributed by atoms with Crippen LogP contribution in [0.2, 0.25) is 0 Å². The Labute approximate surface area is 364 Å². The Hall–Kier alpha value is -5.28. The number of nitrogens with one attached hydrogen (secondary N) is 1. The molecule has 63 heavy (non-hydrogen) atoms. The maximum absolute atomic E-state index is 15.0. The lowest BCUT2D eigenvalue weighted by Crippen LogP contribution is -2.49. The monoisotopic (exact) mass is 915 g/mol. The summed E-state index contributed by atoms with van der Waals surface area (Å²) in [5, 5.41) is 11.3. The van der Waals surface area contributed by atoms with Gasteiger partial charge in [-0.25, -0.2) is 26.0 Å². The number of benzene rings is 2. The number of sulfonamides is 2. The van der Waals surface area contributed by atoms with E-state index in [1.54, 1.807) is 39.0 Å². The predicted octanol–water partition coefficient (Wildman–Crippen LogP) is 4.12. The first-order valence-corrected chi connectivity index (χ1v) is 23.8. The third-order valence-electron chi connectivity index (χ3n) is 12.1. The number of carbonyl (C=O) groups is 5. The molecule has 21 heteroatoms. The quantitative estimate of drug-likeness (QED) is 0.162. The maximum atomic E-state index is 15.0. The van der Waals surface area contributed by atoms with Gasteiger partial charge in [0.05, 0.1) is 47.1 Å². The Morgan fingerprint density at radius 2 is 1.75 bits per heavy atom. The number of amides is 3. The first-order valence-electron chi connectivity index (χ1n) is 20.8. The van der Waals surface area contributed by atoms with Crippen LogP contribution in [0.5, 0.6) is 0 Å². The van der Waals surface area contributed by atoms with Crippen LogP contribution in [0.3, 0.4) is 0 Å². The number of carbonyl (C=O) groups excluding carboxylic acids is 5. The third kappa shape index (κ3) is 9.94. The molecule has 2 aromatic carbocycles. The molecule has 18 nitrogen and oxygen atoms in total. The zero-order chi connectivity index (χ0) is 45.6. The van der Waals surface area contributed by atoms with Crippen LogP contribution in [0, 0.1) is 33.2 Å². The van der Waals surface area contributed by atoms with Crippen LogP contribution >= 0.6 is 0 Å². The van der Waals surface area contributed by atoms with Gasteiger partial charge in [-0.3, -0.25) is 38.9 Å². The molecule has 1 N–H and O–H groups in total. The van der Waals surface area contributed by atoms with E-state index >= 15 is 4.79 Å². The SMILES string of the molecule is CC(C)(C)OC(=O)C[C@H]1CN(S(=O)(=O)c2ccccc2[N+](=O)[O-])CCC/C=C\[C@@H]2C[C@@]2(C(=O)NS(=O)(=O)C2CC2)CC(=O)[C@@H]2CC(OC(=O)N3Cc4cccc(F)c4C3)CN2C1=O. The van der Waals surface area contributed by atoms with E-state index in [1.807, 2.05) is 0 Å². The zero-order valence-electron chi connectivity index (χ0n) is 35.1. The van der Waals surface area contributed by atoms with Crippen molar-refractivity contribution in [1.82, 2.24) is 18.8 Å². The maximum Gasteiger partial charge on any atom is 0.410 e. The van der Waals surface area contributed by atoms with Gasteiger partial charge in [0.25, 0.3) is 5.69 Å². The lowest BCUT2D eigenvalue weighted by atomic mass is 9.91. The smallest absolute Gasteiger partial charge is 0.410 e. The number of rotatable bonds is 9. The number of nitro groups is 1. The van der Waals surface area contributed by atoms with Gasteiger partial charge in [-0.05, 0) is 76.5 Å². The minimum atomic E-state index is -4.75. The lowest BCUT2D eigenvalue weighted by Gasteiger charge is -2.32. The van der Waals surface area contributed by atoms with Crippen molar-refractivity contribution in [1.29, 1.82) is 0 Å². The lowest BCUT2D eigenvalue weighted by molar-refractivity contribution is -0.387. The van der Waals surface area contributed by atoms with E-state index in [9.17, 15) is 50.5 Å². The summed E-state index contributed by atoms with van der Waals surface area (Å²) in [5.41, 5.74) is -2.38. The second-order valence-electron chi connectivity index (χ2n) is 17.9. The molecule has 7 rings (SSSR count). The molecule has 340 valence electrons. The van der Waals surface area contributed by atoms with Crippen molar-refractivity contribution < 1.29 is 59.6 Å². The van der Waals surface area contributed by atoms with Crippen molar-refractivity contribution in [2.24, 2.45) is 17.3 Å². The van der Waals surface area contributed by atoms with Crippen molar-refractivity contribution in [2.75, 3.05) is 19.6 Å². The minimum Gasteiger partial charge on any atom is -0.460 e. The number of hydrogen-bond donors (Lipinski definition) is 1. The fraction of sp³-hybridized carbons (Fsp3) is 0.548. The predicted molar refractivity (Wildman–Crippen MR) is 220 cm³/mol. The topological polar surface area (TPSA) is 237 Å². The van der Waals surface area contributed by atoms with Crippen molar-refractivity contribution in [3.8, 4) is 0 Å². The molecule has 0 spiro atoms. The average molecular weight is 916 g/mol. The molecule has 0 bridgehead atoms. The van der Waals surface area contributed by atoms with Crippen LogP contribution in [-0.4, -0.2) is 108 Å². The Kier molecular flexibility index (Phi) is 12.6. The number of ketones is 1. The van der Waals surface area contributed by atoms with Crippen LogP contribution in [0.4, 0.5) is 14.9 Å². The minimum absolute atomic E-state index is 0.0296. The third-order valence-corrected chi connectivity index (χ3v) is 15.8. The summed E-state index contributed by atoms with van der Waals surface area (Å²) in [6, 6.07) is 7.76. The standard InChI is InChI=1S/C42H50FN5O13S2/c1-41(2,3)61-37(50)18-27-23-46(63(58,59)36-14-7-6-13-33(36)48(54)55)17-8-4-5-11-28-20-42(28,39(52)44-62(56,57)30-15-16-30)21-35(49)34-19-29(24-47(34)38(27)51)60-40(53)45-22-26-10-9-12-32(43)31(26)25-45/h5-7,9-14,27-30,34H,4,8,15-25H2,1-3H3,(H,44,52)/b11-5-/t27-,28+,29?,34-,42+/m0/s1. The fourth-order valence-corrected chi connectivity index (χ4v) is 11.7. The second-order valence-corrected chi connectivity index (χ2v) is 21.8. The van der Waals surface area contributed by atoms with Crippen LogP contribution in [0.15, 0.2) is 59.5 Å². The number of halogens is 1. The number of allylic oxidation sites excluding steroid dienone is 2. The first kappa shape index (κ1) is 45.7. The van der Waals surface area contributed by atoms with E-state index < -0.39 is 137 Å². The van der Waals surface area contributed by atoms with Gasteiger partial charge in [-0.1, -0.05) is 36.4 Å². The van der Waals surface area contributed by atoms with Crippen molar-refractivity contribution in [3.05, 3.63) is 81.7 Å². The molecular weight excluding hydrogens is 866 g/mol. The van der Waals surface area contributed by atoms with E-state index in [2.05, 4.69) is 4.72 Å². The summed E-state index contributed by atoms with van der Waals surface area (Å²) in [4.78, 5) is 83.5. The Balaban J connectivity index is 1.25. The molecule has 5 aliphatic rings. The molecule has 1 saturated heterocycles. The summed E-state index contributed by atoms with van der Waals surface area (Å²) >= 11 is 0. The van der Waals surface area contributed by atoms with Gasteiger partial charge >= 0.3 is 12.1 Å². The Bertz CT molecular complexity index is 2470. The molecule has 2 aromatic rings. The summed E-state index contributed by atoms with van der Waals surface area (Å²) in [6.07, 6.45) is 1.05. The highest BCUT2D eigenvalue weighted by atomic mass is 32.2. The molecule has 2 aliphatic carbocycles. The van der Waals surface area contributed by atoms with Gasteiger partial charge in [0, 0.05) is 44.1 Å². The molecule has 0 radical (unpaired) electrons. The summed E-state index contributed by atoms with van der Waals surface area (Å²) < 4.78 is 83.8. The molecule has 3 amide bonds. The number of Topliss-reactive ketones (excluding diaryl/α,β-unsaturated/α-hetero) is 1. The normalized spacial score (nSPS) is 26.3. The number of esters is 1. The molecule has 3 aliphatic heterocycles. The van der Waals surface area contributed by atoms with Crippen LogP contribution in [-0.2, 0) is 61.8 Å². The zero-order valence-corrected chi connectivity index (χ0v) is 36.7. The molecule has 2 saturated carbocycles. The van der Waals surface area contributed by atoms with E-state index in [-0.39, 0.29) is 45.3 Å². The summed E-state index contributed by atoms with van der Waals surface area (Å²) in [5.74, 6) is -5.97. The van der Waals surface area contributed by atoms with Gasteiger partial charge in [0.1, 0.15) is 17.5 Å². The number of fused-ring (bicyclic) bond motifs is 3. The van der Waals surface area contributed by atoms with Crippen molar-refractivity contribution >= 4 is 55.4 Å². The van der Waals surface area contributed by atoms with Gasteiger partial charge in [-0.2, -0.15) is 4.31 Å². The van der Waals surface area contributed by atoms with Crippen LogP contribution in [0.1, 0.15) is 83.3 Å². The average Bonchev–Trinajstić information content (AvgIpc) is 4.09. The van der Waals surface area contributed by atoms with Crippen molar-refractivity contribution in [3.63, 3.8) is 0 Å². The highest BCUT2D eigenvalue weighted by Crippen LogP contribution is 2.57. The van der Waals surface area contributed by atoms with Gasteiger partial charge < -0.3 is 14.4 Å². The van der Waals surface area contributed by atoms with Crippen LogP contribution in [0.25, 0.3) is 0 Å². The van der Waals surface area contributed by atoms with E-state index in [1.165, 1.54) is 29.2 Å². The number of nitrogens with zero attached hydrogens (tertiary/aromatic N) is 4. The number of nitro benzene ring substituents is 1. The van der Waals surface area contributed by atoms with Gasteiger partial charge in [0.2, 0.25) is 31.9 Å². The number of ether oxygens (including phenoxy) is 2. The number of para-hydroxylation sites is 1. The molecule has 0 aromatic heterocycles. The van der Waals surface area contributed by atoms with E-state index in [0.717, 1.165) is 21.3 Å². The summed E-state index contributed by atoms with van der Waals surface area (Å²) in [7, 11) is -8.78. The molecular formula is C42H50FN5O13S2. The highest BCUT2D eigenvalue weighted by molar-refractivity contribution is 7.91. The highest BCUT2D eigenvalue weighted by Gasteiger charge is 2.62. The molecule has 3 heterocycles. The van der Waals surface area contributed by atoms with Gasteiger partial charge in [0.15, 0.2) is 10.7 Å². The molecule has 1 unspecified atom stereocenters. The van der Waals surface area contributed by atoms with Crippen molar-refractivity contribution in [2.45, 2.75) is 113 Å². The number of hydrogen-bond acceptors (Lipinski definition) is 13. The first-order chi connectivity index (χ1) is 29.6. The van der Waals surface area contributed by atoms with Gasteiger partial charge in [-0.15, -0.1) is 0 Å². The molecule has 5 atom stereocenters.